The first-order chi connectivity index (χ1) is 9.14. The van der Waals surface area contributed by atoms with E-state index < -0.39 is 0 Å². The molecule has 1 atom stereocenters. The number of ether oxygens (including phenoxy) is 1. The molecule has 0 saturated carbocycles. The predicted octanol–water partition coefficient (Wildman–Crippen LogP) is 0.906. The number of nitrogens with two attached hydrogens (primary N) is 1. The first kappa shape index (κ1) is 13.6. The molecule has 0 aromatic heterocycles. The smallest absolute Gasteiger partial charge is 0.253 e. The summed E-state index contributed by atoms with van der Waals surface area (Å²) in [6, 6.07) is 7.29. The second-order valence-corrected chi connectivity index (χ2v) is 4.87. The predicted molar refractivity (Wildman–Crippen MR) is 73.7 cm³/mol. The van der Waals surface area contributed by atoms with Crippen molar-refractivity contribution < 1.29 is 9.53 Å². The zero-order valence-electron chi connectivity index (χ0n) is 11.0. The molecule has 19 heavy (non-hydrogen) atoms. The number of carbonyl (C=O) groups is 1. The van der Waals surface area contributed by atoms with E-state index in [9.17, 15) is 4.79 Å². The molecule has 1 saturated heterocycles. The quantitative estimate of drug-likeness (QED) is 0.775. The van der Waals surface area contributed by atoms with Gasteiger partial charge in [0, 0.05) is 12.2 Å². The first-order valence-electron chi connectivity index (χ1n) is 6.33. The van der Waals surface area contributed by atoms with Crippen LogP contribution in [0.15, 0.2) is 24.3 Å². The van der Waals surface area contributed by atoms with Gasteiger partial charge in [-0.3, -0.25) is 4.79 Å². The van der Waals surface area contributed by atoms with Gasteiger partial charge in [0.2, 0.25) is 0 Å². The molecular formula is C15H18N2O2. The third-order valence-electron chi connectivity index (χ3n) is 3.13. The molecule has 1 unspecified atom stereocenters. The van der Waals surface area contributed by atoms with Crippen molar-refractivity contribution in [2.24, 2.45) is 5.73 Å². The fourth-order valence-corrected chi connectivity index (χ4v) is 2.04. The Labute approximate surface area is 113 Å². The van der Waals surface area contributed by atoms with Gasteiger partial charge in [-0.1, -0.05) is 24.0 Å². The minimum atomic E-state index is -0.286. The molecule has 0 aliphatic carbocycles. The van der Waals surface area contributed by atoms with Gasteiger partial charge < -0.3 is 15.8 Å². The van der Waals surface area contributed by atoms with Crippen LogP contribution >= 0.6 is 0 Å². The molecule has 1 aromatic rings. The molecule has 0 spiro atoms. The number of carbonyl (C=O) groups excluding carboxylic acids is 1. The van der Waals surface area contributed by atoms with E-state index in [0.29, 0.717) is 24.3 Å². The SMILES string of the molecule is CC1(NC(=O)c2ccccc2C#CCN)CCOC1. The molecule has 0 bridgehead atoms. The zero-order valence-corrected chi connectivity index (χ0v) is 11.0. The summed E-state index contributed by atoms with van der Waals surface area (Å²) in [7, 11) is 0. The third kappa shape index (κ3) is 3.34. The number of nitrogens with one attached hydrogen (secondary N) is 1. The monoisotopic (exact) mass is 258 g/mol. The third-order valence-corrected chi connectivity index (χ3v) is 3.13. The molecule has 0 radical (unpaired) electrons. The fourth-order valence-electron chi connectivity index (χ4n) is 2.04. The summed E-state index contributed by atoms with van der Waals surface area (Å²) in [5.41, 5.74) is 6.36. The molecule has 1 heterocycles. The summed E-state index contributed by atoms with van der Waals surface area (Å²) in [6.07, 6.45) is 0.829. The highest BCUT2D eigenvalue weighted by Gasteiger charge is 2.31. The Morgan fingerprint density at radius 2 is 2.32 bits per heavy atom. The van der Waals surface area contributed by atoms with Gasteiger partial charge in [-0.15, -0.1) is 0 Å². The highest BCUT2D eigenvalue weighted by Crippen LogP contribution is 2.19. The highest BCUT2D eigenvalue weighted by atomic mass is 16.5. The highest BCUT2D eigenvalue weighted by molar-refractivity contribution is 5.97. The summed E-state index contributed by atoms with van der Waals surface area (Å²) in [6.45, 7) is 3.51. The fraction of sp³-hybridized carbons (Fsp3) is 0.400. The molecule has 2 rings (SSSR count). The molecule has 3 N–H and O–H groups in total. The topological polar surface area (TPSA) is 64.4 Å². The van der Waals surface area contributed by atoms with Crippen LogP contribution in [0.3, 0.4) is 0 Å². The first-order valence-corrected chi connectivity index (χ1v) is 6.33. The Bertz CT molecular complexity index is 522. The van der Waals surface area contributed by atoms with Crippen molar-refractivity contribution in [2.75, 3.05) is 19.8 Å². The van der Waals surface area contributed by atoms with Crippen LogP contribution in [0.5, 0.6) is 0 Å². The van der Waals surface area contributed by atoms with E-state index in [2.05, 4.69) is 17.2 Å². The molecular weight excluding hydrogens is 240 g/mol. The Morgan fingerprint density at radius 1 is 1.53 bits per heavy atom. The summed E-state index contributed by atoms with van der Waals surface area (Å²) in [5, 5.41) is 3.03. The summed E-state index contributed by atoms with van der Waals surface area (Å²) < 4.78 is 5.33. The van der Waals surface area contributed by atoms with Gasteiger partial charge in [-0.2, -0.15) is 0 Å². The molecule has 1 aliphatic heterocycles. The van der Waals surface area contributed by atoms with E-state index in [4.69, 9.17) is 10.5 Å². The largest absolute Gasteiger partial charge is 0.379 e. The average Bonchev–Trinajstić information content (AvgIpc) is 2.83. The molecule has 1 aliphatic rings. The van der Waals surface area contributed by atoms with Crippen LogP contribution < -0.4 is 11.1 Å². The Kier molecular flexibility index (Phi) is 4.20. The van der Waals surface area contributed by atoms with Gasteiger partial charge in [0.25, 0.3) is 5.91 Å². The van der Waals surface area contributed by atoms with Gasteiger partial charge in [-0.25, -0.2) is 0 Å². The number of rotatable bonds is 2. The number of hydrogen-bond acceptors (Lipinski definition) is 3. The maximum Gasteiger partial charge on any atom is 0.253 e. The van der Waals surface area contributed by atoms with Gasteiger partial charge in [0.15, 0.2) is 0 Å². The average molecular weight is 258 g/mol. The lowest BCUT2D eigenvalue weighted by atomic mass is 10.00. The molecule has 1 amide bonds. The van der Waals surface area contributed by atoms with Crippen LogP contribution in [0.1, 0.15) is 29.3 Å². The van der Waals surface area contributed by atoms with Crippen molar-refractivity contribution in [3.8, 4) is 11.8 Å². The van der Waals surface area contributed by atoms with E-state index in [1.165, 1.54) is 0 Å². The van der Waals surface area contributed by atoms with Crippen molar-refractivity contribution >= 4 is 5.91 Å². The molecule has 4 nitrogen and oxygen atoms in total. The van der Waals surface area contributed by atoms with E-state index >= 15 is 0 Å². The standard InChI is InChI=1S/C15H18N2O2/c1-15(8-10-19-11-15)17-14(18)13-7-3-2-5-12(13)6-4-9-16/h2-3,5,7H,8-11,16H2,1H3,(H,17,18). The molecule has 1 fully saturated rings. The lowest BCUT2D eigenvalue weighted by molar-refractivity contribution is 0.0889. The number of amides is 1. The maximum atomic E-state index is 12.3. The maximum absolute atomic E-state index is 12.3. The lowest BCUT2D eigenvalue weighted by Gasteiger charge is -2.23. The second kappa shape index (κ2) is 5.87. The molecule has 4 heteroatoms. The Balaban J connectivity index is 2.19. The molecule has 1 aromatic carbocycles. The van der Waals surface area contributed by atoms with Crippen molar-refractivity contribution in [3.63, 3.8) is 0 Å². The van der Waals surface area contributed by atoms with Crippen LogP contribution in [-0.4, -0.2) is 31.2 Å². The lowest BCUT2D eigenvalue weighted by Crippen LogP contribution is -2.46. The van der Waals surface area contributed by atoms with E-state index in [0.717, 1.165) is 6.42 Å². The van der Waals surface area contributed by atoms with E-state index in [-0.39, 0.29) is 18.0 Å². The van der Waals surface area contributed by atoms with Crippen LogP contribution in [0.25, 0.3) is 0 Å². The van der Waals surface area contributed by atoms with Crippen molar-refractivity contribution in [2.45, 2.75) is 18.9 Å². The second-order valence-electron chi connectivity index (χ2n) is 4.87. The number of hydrogen-bond donors (Lipinski definition) is 2. The van der Waals surface area contributed by atoms with Crippen LogP contribution in [0.4, 0.5) is 0 Å². The Morgan fingerprint density at radius 3 is 3.00 bits per heavy atom. The van der Waals surface area contributed by atoms with E-state index in [1.807, 2.05) is 25.1 Å². The van der Waals surface area contributed by atoms with Gasteiger partial charge >= 0.3 is 0 Å². The van der Waals surface area contributed by atoms with Crippen molar-refractivity contribution in [1.29, 1.82) is 0 Å². The van der Waals surface area contributed by atoms with Crippen LogP contribution in [0, 0.1) is 11.8 Å². The Hall–Kier alpha value is -1.83. The van der Waals surface area contributed by atoms with Crippen LogP contribution in [0.2, 0.25) is 0 Å². The van der Waals surface area contributed by atoms with Crippen LogP contribution in [-0.2, 0) is 4.74 Å². The molecule has 100 valence electrons. The number of benzene rings is 1. The van der Waals surface area contributed by atoms with Gasteiger partial charge in [0.05, 0.1) is 24.3 Å². The zero-order chi connectivity index (χ0) is 13.7. The minimum Gasteiger partial charge on any atom is -0.379 e. The van der Waals surface area contributed by atoms with Crippen molar-refractivity contribution in [3.05, 3.63) is 35.4 Å². The van der Waals surface area contributed by atoms with Crippen molar-refractivity contribution in [1.82, 2.24) is 5.32 Å². The normalized spacial score (nSPS) is 21.6. The van der Waals surface area contributed by atoms with Gasteiger partial charge in [0.1, 0.15) is 0 Å². The summed E-state index contributed by atoms with van der Waals surface area (Å²) >= 11 is 0. The minimum absolute atomic E-state index is 0.116. The summed E-state index contributed by atoms with van der Waals surface area (Å²) in [4.78, 5) is 12.3. The van der Waals surface area contributed by atoms with Gasteiger partial charge in [-0.05, 0) is 25.5 Å². The van der Waals surface area contributed by atoms with E-state index in [1.54, 1.807) is 6.07 Å². The summed E-state index contributed by atoms with van der Waals surface area (Å²) in [5.74, 6) is 5.58.